The van der Waals surface area contributed by atoms with Crippen molar-refractivity contribution in [3.63, 3.8) is 0 Å². The lowest BCUT2D eigenvalue weighted by Gasteiger charge is -2.05. The van der Waals surface area contributed by atoms with E-state index in [0.717, 1.165) is 0 Å². The summed E-state index contributed by atoms with van der Waals surface area (Å²) >= 11 is 0. The fraction of sp³-hybridized carbons (Fsp3) is 1.00. The maximum atomic E-state index is 4.61. The summed E-state index contributed by atoms with van der Waals surface area (Å²) < 4.78 is 9.22. The van der Waals surface area contributed by atoms with Crippen LogP contribution in [0.5, 0.6) is 0 Å². The van der Waals surface area contributed by atoms with Crippen LogP contribution in [0, 0.1) is 0 Å². The van der Waals surface area contributed by atoms with Crippen LogP contribution in [-0.4, -0.2) is 49.8 Å². The third-order valence-corrected chi connectivity index (χ3v) is 1.67. The highest BCUT2D eigenvalue weighted by Crippen LogP contribution is 1.86. The number of hydrogen-bond donors (Lipinski definition) is 0. The van der Waals surface area contributed by atoms with Gasteiger partial charge in [0.05, 0.1) is 0 Å². The van der Waals surface area contributed by atoms with Crippen LogP contribution in [0.25, 0.3) is 0 Å². The Bertz CT molecular complexity index is 70.1. The molecule has 12 heavy (non-hydrogen) atoms. The zero-order chi connectivity index (χ0) is 9.82. The molecule has 0 N–H and O–H groups in total. The summed E-state index contributed by atoms with van der Waals surface area (Å²) in [5.41, 5.74) is 0. The summed E-state index contributed by atoms with van der Waals surface area (Å²) in [6.07, 6.45) is 2.63. The molecule has 0 rings (SSSR count). The highest BCUT2D eigenvalue weighted by molar-refractivity contribution is 6.17. The highest BCUT2D eigenvalue weighted by atomic mass is 28.3. The molecule has 0 aromatic carbocycles. The van der Waals surface area contributed by atoms with E-state index >= 15 is 0 Å². The molecule has 0 bridgehead atoms. The summed E-state index contributed by atoms with van der Waals surface area (Å²) in [7, 11) is 6.94. The monoisotopic (exact) mass is 193 g/mol. The third-order valence-electron chi connectivity index (χ3n) is 1.19. The van der Waals surface area contributed by atoms with Crippen LogP contribution in [-0.2, 0) is 8.85 Å². The Morgan fingerprint density at radius 2 is 1.67 bits per heavy atom. The fourth-order valence-electron chi connectivity index (χ4n) is 0.592. The lowest BCUT2D eigenvalue weighted by atomic mass is 10.3. The van der Waals surface area contributed by atoms with Crippen molar-refractivity contribution < 1.29 is 8.85 Å². The summed E-state index contributed by atoms with van der Waals surface area (Å²) in [6, 6.07) is 0. The Balaban J connectivity index is 0. The van der Waals surface area contributed by atoms with Gasteiger partial charge in [-0.05, 0) is 27.1 Å². The molecule has 0 aliphatic rings. The molecular weight excluding hydrogens is 170 g/mol. The fourth-order valence-corrected chi connectivity index (χ4v) is 0.828. The second-order valence-electron chi connectivity index (χ2n) is 2.85. The first-order chi connectivity index (χ1) is 5.68. The molecule has 0 spiro atoms. The van der Waals surface area contributed by atoms with Crippen molar-refractivity contribution >= 4 is 10.0 Å². The van der Waals surface area contributed by atoms with E-state index in [9.17, 15) is 0 Å². The predicted octanol–water partition coefficient (Wildman–Crippen LogP) is 0.626. The largest absolute Gasteiger partial charge is 0.402 e. The zero-order valence-electron chi connectivity index (χ0n) is 9.09. The van der Waals surface area contributed by atoms with Gasteiger partial charge >= 0.3 is 10.0 Å². The van der Waals surface area contributed by atoms with E-state index in [2.05, 4.69) is 34.8 Å². The lowest BCUT2D eigenvalue weighted by molar-refractivity contribution is 0.309. The Kier molecular flexibility index (Phi) is 16.6. The minimum absolute atomic E-state index is 0.568. The van der Waals surface area contributed by atoms with E-state index in [-0.39, 0.29) is 0 Å². The van der Waals surface area contributed by atoms with E-state index < -0.39 is 10.0 Å². The van der Waals surface area contributed by atoms with Gasteiger partial charge < -0.3 is 13.8 Å². The van der Waals surface area contributed by atoms with E-state index in [1.54, 1.807) is 14.2 Å². The topological polar surface area (TPSA) is 21.7 Å². The number of nitrogens with zero attached hydrogens (tertiary/aromatic N) is 1. The van der Waals surface area contributed by atoms with Crippen LogP contribution in [0.3, 0.4) is 0 Å². The highest BCUT2D eigenvalue weighted by Gasteiger charge is 1.83. The van der Waals surface area contributed by atoms with Gasteiger partial charge in [0.1, 0.15) is 0 Å². The average molecular weight is 193 g/mol. The first kappa shape index (κ1) is 14.6. The Morgan fingerprint density at radius 1 is 1.17 bits per heavy atom. The maximum Gasteiger partial charge on any atom is 0.303 e. The normalized spacial score (nSPS) is 9.50. The molecule has 0 saturated carbocycles. The van der Waals surface area contributed by atoms with Crippen molar-refractivity contribution in [3.05, 3.63) is 0 Å². The number of rotatable bonds is 5. The molecule has 76 valence electrons. The van der Waals surface area contributed by atoms with E-state index in [1.807, 2.05) is 0 Å². The molecule has 0 aromatic rings. The van der Waals surface area contributed by atoms with E-state index in [4.69, 9.17) is 0 Å². The first-order valence-corrected chi connectivity index (χ1v) is 5.47. The summed E-state index contributed by atoms with van der Waals surface area (Å²) in [4.78, 5) is 2.21. The molecule has 3 nitrogen and oxygen atoms in total. The van der Waals surface area contributed by atoms with Gasteiger partial charge in [-0.3, -0.25) is 0 Å². The van der Waals surface area contributed by atoms with Gasteiger partial charge in [-0.1, -0.05) is 13.3 Å². The Morgan fingerprint density at radius 3 is 1.75 bits per heavy atom. The van der Waals surface area contributed by atoms with E-state index in [0.29, 0.717) is 0 Å². The summed E-state index contributed by atoms with van der Waals surface area (Å²) in [5, 5.41) is 0. The molecule has 0 amide bonds. The van der Waals surface area contributed by atoms with Crippen LogP contribution >= 0.6 is 0 Å². The van der Waals surface area contributed by atoms with Gasteiger partial charge in [0.25, 0.3) is 0 Å². The van der Waals surface area contributed by atoms with Crippen LogP contribution in [0.15, 0.2) is 0 Å². The Labute approximate surface area is 79.1 Å². The molecule has 0 fully saturated rings. The molecule has 0 atom stereocenters. The smallest absolute Gasteiger partial charge is 0.303 e. The van der Waals surface area contributed by atoms with Crippen LogP contribution in [0.1, 0.15) is 19.8 Å². The van der Waals surface area contributed by atoms with Crippen LogP contribution < -0.4 is 0 Å². The average Bonchev–Trinajstić information content (AvgIpc) is 2.03. The second-order valence-corrected chi connectivity index (χ2v) is 4.24. The molecule has 0 saturated heterocycles. The minimum atomic E-state index is -0.568. The van der Waals surface area contributed by atoms with Crippen molar-refractivity contribution in [2.24, 2.45) is 0 Å². The molecule has 0 unspecified atom stereocenters. The number of hydrogen-bond acceptors (Lipinski definition) is 3. The van der Waals surface area contributed by atoms with Crippen molar-refractivity contribution in [1.29, 1.82) is 0 Å². The van der Waals surface area contributed by atoms with Gasteiger partial charge in [0, 0.05) is 14.2 Å². The van der Waals surface area contributed by atoms with Crippen molar-refractivity contribution in [1.82, 2.24) is 4.90 Å². The standard InChI is InChI=1S/C6H15N.C2H8O2Si/c1-4-5-6-7(2)3;1-3-5-4-2/h4-6H2,1-3H3;5H2,1-2H3. The second kappa shape index (κ2) is 13.7. The van der Waals surface area contributed by atoms with Crippen LogP contribution in [0.4, 0.5) is 0 Å². The van der Waals surface area contributed by atoms with Gasteiger partial charge in [-0.25, -0.2) is 0 Å². The molecular formula is C8H23NO2Si. The van der Waals surface area contributed by atoms with E-state index in [1.165, 1.54) is 19.4 Å². The zero-order valence-corrected chi connectivity index (χ0v) is 10.5. The molecule has 0 aromatic heterocycles. The Hall–Kier alpha value is 0.0969. The molecule has 4 heteroatoms. The number of unbranched alkanes of at least 4 members (excludes halogenated alkanes) is 1. The minimum Gasteiger partial charge on any atom is -0.402 e. The predicted molar refractivity (Wildman–Crippen MR) is 56.0 cm³/mol. The van der Waals surface area contributed by atoms with Gasteiger partial charge in [-0.15, -0.1) is 0 Å². The maximum absolute atomic E-state index is 4.61. The van der Waals surface area contributed by atoms with Crippen molar-refractivity contribution in [3.8, 4) is 0 Å². The molecule has 0 aliphatic carbocycles. The SMILES string of the molecule is CCCCN(C)C.CO[SiH2]OC. The van der Waals surface area contributed by atoms with Gasteiger partial charge in [0.15, 0.2) is 0 Å². The van der Waals surface area contributed by atoms with Gasteiger partial charge in [-0.2, -0.15) is 0 Å². The molecule has 0 radical (unpaired) electrons. The molecule has 0 aliphatic heterocycles. The van der Waals surface area contributed by atoms with Crippen LogP contribution in [0.2, 0.25) is 0 Å². The lowest BCUT2D eigenvalue weighted by Crippen LogP contribution is -2.12. The first-order valence-electron chi connectivity index (χ1n) is 4.31. The molecule has 0 heterocycles. The summed E-state index contributed by atoms with van der Waals surface area (Å²) in [5.74, 6) is 0. The van der Waals surface area contributed by atoms with Crippen molar-refractivity contribution in [2.45, 2.75) is 19.8 Å². The van der Waals surface area contributed by atoms with Gasteiger partial charge in [0.2, 0.25) is 0 Å². The quantitative estimate of drug-likeness (QED) is 0.598. The van der Waals surface area contributed by atoms with Crippen molar-refractivity contribution in [2.75, 3.05) is 34.9 Å². The summed E-state index contributed by atoms with van der Waals surface area (Å²) in [6.45, 7) is 3.44. The third kappa shape index (κ3) is 22.5.